The molecule has 1 heterocycles. The standard InChI is InChI=1S/C15H24N2O2S2/c1-17(10-12-4-2-3-5-12)21(18,19)15-8-13(11-20-15)9-16-14-6-7-14/h8,11-12,14,16H,2-7,9-10H2,1H3. The van der Waals surface area contributed by atoms with Crippen molar-refractivity contribution < 1.29 is 8.42 Å². The molecule has 0 amide bonds. The van der Waals surface area contributed by atoms with Crippen molar-refractivity contribution in [1.29, 1.82) is 0 Å². The lowest BCUT2D eigenvalue weighted by molar-refractivity contribution is 0.388. The maximum absolute atomic E-state index is 12.6. The van der Waals surface area contributed by atoms with E-state index in [1.54, 1.807) is 11.4 Å². The molecule has 4 nitrogen and oxygen atoms in total. The maximum Gasteiger partial charge on any atom is 0.252 e. The lowest BCUT2D eigenvalue weighted by Gasteiger charge is -2.19. The van der Waals surface area contributed by atoms with Crippen LogP contribution in [-0.4, -0.2) is 32.4 Å². The molecule has 0 spiro atoms. The van der Waals surface area contributed by atoms with E-state index in [4.69, 9.17) is 0 Å². The van der Waals surface area contributed by atoms with Gasteiger partial charge in [0.1, 0.15) is 4.21 Å². The number of thiophene rings is 1. The van der Waals surface area contributed by atoms with E-state index in [-0.39, 0.29) is 0 Å². The van der Waals surface area contributed by atoms with Gasteiger partial charge in [0.2, 0.25) is 0 Å². The van der Waals surface area contributed by atoms with Gasteiger partial charge in [-0.3, -0.25) is 0 Å². The molecule has 118 valence electrons. The second-order valence-corrected chi connectivity index (χ2v) is 9.55. The molecule has 2 aliphatic rings. The minimum Gasteiger partial charge on any atom is -0.310 e. The first-order valence-corrected chi connectivity index (χ1v) is 10.1. The lowest BCUT2D eigenvalue weighted by atomic mass is 10.1. The molecule has 2 saturated carbocycles. The Morgan fingerprint density at radius 1 is 1.29 bits per heavy atom. The van der Waals surface area contributed by atoms with E-state index in [1.165, 1.54) is 49.9 Å². The molecule has 0 radical (unpaired) electrons. The first-order valence-electron chi connectivity index (χ1n) is 7.83. The van der Waals surface area contributed by atoms with Gasteiger partial charge in [-0.05, 0) is 48.6 Å². The maximum atomic E-state index is 12.6. The summed E-state index contributed by atoms with van der Waals surface area (Å²) in [7, 11) is -1.59. The fourth-order valence-corrected chi connectivity index (χ4v) is 5.60. The fourth-order valence-electron chi connectivity index (χ4n) is 2.94. The first kappa shape index (κ1) is 15.5. The van der Waals surface area contributed by atoms with E-state index in [1.807, 2.05) is 11.4 Å². The lowest BCUT2D eigenvalue weighted by Crippen LogP contribution is -2.30. The topological polar surface area (TPSA) is 49.4 Å². The van der Waals surface area contributed by atoms with E-state index in [0.717, 1.165) is 12.1 Å². The molecule has 0 atom stereocenters. The molecule has 1 aromatic rings. The second-order valence-electron chi connectivity index (χ2n) is 6.37. The van der Waals surface area contributed by atoms with Crippen LogP contribution in [0.2, 0.25) is 0 Å². The third kappa shape index (κ3) is 3.86. The monoisotopic (exact) mass is 328 g/mol. The van der Waals surface area contributed by atoms with Crippen LogP contribution < -0.4 is 5.32 Å². The Morgan fingerprint density at radius 3 is 2.67 bits per heavy atom. The predicted octanol–water partition coefficient (Wildman–Crippen LogP) is 2.81. The number of hydrogen-bond acceptors (Lipinski definition) is 4. The van der Waals surface area contributed by atoms with Gasteiger partial charge >= 0.3 is 0 Å². The van der Waals surface area contributed by atoms with E-state index in [0.29, 0.717) is 22.7 Å². The van der Waals surface area contributed by atoms with Gasteiger partial charge in [0.25, 0.3) is 10.0 Å². The Hall–Kier alpha value is -0.430. The molecule has 21 heavy (non-hydrogen) atoms. The summed E-state index contributed by atoms with van der Waals surface area (Å²) in [6, 6.07) is 2.48. The first-order chi connectivity index (χ1) is 10.1. The van der Waals surface area contributed by atoms with Gasteiger partial charge in [-0.1, -0.05) is 12.8 Å². The summed E-state index contributed by atoms with van der Waals surface area (Å²) < 4.78 is 27.2. The van der Waals surface area contributed by atoms with Crippen LogP contribution in [-0.2, 0) is 16.6 Å². The Bertz CT molecular complexity index is 572. The van der Waals surface area contributed by atoms with Crippen molar-refractivity contribution in [2.75, 3.05) is 13.6 Å². The molecule has 0 saturated heterocycles. The normalized spacial score (nSPS) is 20.5. The Morgan fingerprint density at radius 2 is 2.00 bits per heavy atom. The SMILES string of the molecule is CN(CC1CCCC1)S(=O)(=O)c1cc(CNC2CC2)cs1. The van der Waals surface area contributed by atoms with Gasteiger partial charge in [0.05, 0.1) is 0 Å². The van der Waals surface area contributed by atoms with Crippen LogP contribution in [0.5, 0.6) is 0 Å². The number of rotatable bonds is 7. The van der Waals surface area contributed by atoms with Gasteiger partial charge in [-0.2, -0.15) is 4.31 Å². The molecule has 1 aromatic heterocycles. The molecule has 2 fully saturated rings. The zero-order valence-electron chi connectivity index (χ0n) is 12.5. The van der Waals surface area contributed by atoms with Crippen molar-refractivity contribution in [3.63, 3.8) is 0 Å². The predicted molar refractivity (Wildman–Crippen MR) is 86.0 cm³/mol. The van der Waals surface area contributed by atoms with Crippen molar-refractivity contribution in [2.45, 2.75) is 55.3 Å². The fraction of sp³-hybridized carbons (Fsp3) is 0.733. The Kier molecular flexibility index (Phi) is 4.69. The molecule has 6 heteroatoms. The zero-order chi connectivity index (χ0) is 14.9. The Balaban J connectivity index is 1.62. The summed E-state index contributed by atoms with van der Waals surface area (Å²) in [5, 5.41) is 5.39. The van der Waals surface area contributed by atoms with Gasteiger partial charge in [0.15, 0.2) is 0 Å². The molecule has 1 N–H and O–H groups in total. The number of nitrogens with zero attached hydrogens (tertiary/aromatic N) is 1. The number of sulfonamides is 1. The van der Waals surface area contributed by atoms with Crippen LogP contribution in [0.25, 0.3) is 0 Å². The molecule has 0 aromatic carbocycles. The van der Waals surface area contributed by atoms with Gasteiger partial charge < -0.3 is 5.32 Å². The van der Waals surface area contributed by atoms with E-state index < -0.39 is 10.0 Å². The third-order valence-electron chi connectivity index (χ3n) is 4.46. The highest BCUT2D eigenvalue weighted by Gasteiger charge is 2.27. The van der Waals surface area contributed by atoms with Crippen LogP contribution in [0.3, 0.4) is 0 Å². The molecule has 0 unspecified atom stereocenters. The van der Waals surface area contributed by atoms with Gasteiger partial charge in [-0.25, -0.2) is 8.42 Å². The summed E-state index contributed by atoms with van der Waals surface area (Å²) in [4.78, 5) is 0. The summed E-state index contributed by atoms with van der Waals surface area (Å²) in [6.45, 7) is 1.44. The quantitative estimate of drug-likeness (QED) is 0.837. The third-order valence-corrected chi connectivity index (χ3v) is 7.74. The van der Waals surface area contributed by atoms with Crippen molar-refractivity contribution >= 4 is 21.4 Å². The van der Waals surface area contributed by atoms with Gasteiger partial charge in [-0.15, -0.1) is 11.3 Å². The molecule has 2 aliphatic carbocycles. The van der Waals surface area contributed by atoms with Crippen LogP contribution in [0.4, 0.5) is 0 Å². The van der Waals surface area contributed by atoms with E-state index in [2.05, 4.69) is 5.32 Å². The average Bonchev–Trinajstić information content (AvgIpc) is 2.93. The highest BCUT2D eigenvalue weighted by atomic mass is 32.2. The highest BCUT2D eigenvalue weighted by molar-refractivity contribution is 7.91. The average molecular weight is 329 g/mol. The number of hydrogen-bond donors (Lipinski definition) is 1. The molecule has 0 bridgehead atoms. The van der Waals surface area contributed by atoms with Crippen LogP contribution in [0.15, 0.2) is 15.7 Å². The van der Waals surface area contributed by atoms with Crippen LogP contribution >= 0.6 is 11.3 Å². The van der Waals surface area contributed by atoms with Crippen LogP contribution in [0.1, 0.15) is 44.1 Å². The smallest absolute Gasteiger partial charge is 0.252 e. The Labute approximate surface area is 131 Å². The van der Waals surface area contributed by atoms with E-state index >= 15 is 0 Å². The minimum atomic E-state index is -3.30. The zero-order valence-corrected chi connectivity index (χ0v) is 14.2. The van der Waals surface area contributed by atoms with E-state index in [9.17, 15) is 8.42 Å². The molecule has 0 aliphatic heterocycles. The van der Waals surface area contributed by atoms with Gasteiger partial charge in [0, 0.05) is 26.2 Å². The summed E-state index contributed by atoms with van der Waals surface area (Å²) in [5.41, 5.74) is 1.08. The highest BCUT2D eigenvalue weighted by Crippen LogP contribution is 2.29. The molecular weight excluding hydrogens is 304 g/mol. The van der Waals surface area contributed by atoms with Crippen LogP contribution in [0, 0.1) is 5.92 Å². The van der Waals surface area contributed by atoms with Crippen molar-refractivity contribution in [3.8, 4) is 0 Å². The molecular formula is C15H24N2O2S2. The minimum absolute atomic E-state index is 0.482. The van der Waals surface area contributed by atoms with Crippen molar-refractivity contribution in [3.05, 3.63) is 17.0 Å². The summed E-state index contributed by atoms with van der Waals surface area (Å²) in [5.74, 6) is 0.542. The van der Waals surface area contributed by atoms with Crippen molar-refractivity contribution in [1.82, 2.24) is 9.62 Å². The largest absolute Gasteiger partial charge is 0.310 e. The second kappa shape index (κ2) is 6.36. The summed E-state index contributed by atoms with van der Waals surface area (Å²) in [6.07, 6.45) is 7.32. The molecule has 3 rings (SSSR count). The number of nitrogens with one attached hydrogen (secondary N) is 1. The summed E-state index contributed by atoms with van der Waals surface area (Å²) >= 11 is 1.35. The van der Waals surface area contributed by atoms with Crippen molar-refractivity contribution in [2.24, 2.45) is 5.92 Å².